The molecule has 8 atom stereocenters. The minimum Gasteiger partial charge on any atom is -0.393 e. The van der Waals surface area contributed by atoms with E-state index < -0.39 is 0 Å². The number of aliphatic hydroxyl groups excluding tert-OH is 1. The van der Waals surface area contributed by atoms with E-state index in [0.29, 0.717) is 41.7 Å². The van der Waals surface area contributed by atoms with Crippen LogP contribution in [0.15, 0.2) is 0 Å². The van der Waals surface area contributed by atoms with Crippen molar-refractivity contribution in [2.24, 2.45) is 40.9 Å². The normalized spacial score (nSPS) is 50.8. The Morgan fingerprint density at radius 3 is 2.58 bits per heavy atom. The number of aliphatic hydroxyl groups is 1. The molecule has 3 heteroatoms. The van der Waals surface area contributed by atoms with Gasteiger partial charge in [0.15, 0.2) is 0 Å². The van der Waals surface area contributed by atoms with Gasteiger partial charge in [0, 0.05) is 18.3 Å². The predicted octanol–water partition coefficient (Wildman–Crippen LogP) is 3.77. The average Bonchev–Trinajstić information content (AvgIpc) is 2.94. The third-order valence-electron chi connectivity index (χ3n) is 8.55. The molecule has 0 radical (unpaired) electrons. The number of carbonyl (C=O) groups excluding carboxylic acids is 2. The van der Waals surface area contributed by atoms with Gasteiger partial charge in [-0.25, -0.2) is 0 Å². The number of fused-ring (bicyclic) bond motifs is 5. The fourth-order valence-corrected chi connectivity index (χ4v) is 7.66. The third-order valence-corrected chi connectivity index (χ3v) is 8.55. The smallest absolute Gasteiger partial charge is 0.137 e. The largest absolute Gasteiger partial charge is 0.393 e. The first kappa shape index (κ1) is 16.8. The van der Waals surface area contributed by atoms with Gasteiger partial charge >= 0.3 is 0 Å². The minimum atomic E-state index is -0.148. The lowest BCUT2D eigenvalue weighted by Gasteiger charge is -2.55. The first-order valence-electron chi connectivity index (χ1n) is 10.2. The van der Waals surface area contributed by atoms with Crippen LogP contribution in [-0.4, -0.2) is 22.8 Å². The van der Waals surface area contributed by atoms with Gasteiger partial charge in [0.05, 0.1) is 6.10 Å². The van der Waals surface area contributed by atoms with Crippen molar-refractivity contribution in [1.29, 1.82) is 0 Å². The Morgan fingerprint density at radius 2 is 1.88 bits per heavy atom. The molecule has 1 N–H and O–H groups in total. The molecule has 4 aliphatic carbocycles. The maximum atomic E-state index is 13.3. The van der Waals surface area contributed by atoms with Gasteiger partial charge in [-0.15, -0.1) is 0 Å². The van der Waals surface area contributed by atoms with Crippen LogP contribution in [-0.2, 0) is 9.59 Å². The van der Waals surface area contributed by atoms with E-state index in [9.17, 15) is 14.7 Å². The van der Waals surface area contributed by atoms with Gasteiger partial charge in [-0.3, -0.25) is 9.59 Å². The fourth-order valence-electron chi connectivity index (χ4n) is 7.66. The second-order valence-electron chi connectivity index (χ2n) is 9.23. The van der Waals surface area contributed by atoms with Crippen LogP contribution >= 0.6 is 0 Å². The van der Waals surface area contributed by atoms with Crippen LogP contribution in [0.3, 0.4) is 0 Å². The van der Waals surface area contributed by atoms with Crippen molar-refractivity contribution in [3.8, 4) is 0 Å². The van der Waals surface area contributed by atoms with E-state index in [2.05, 4.69) is 6.92 Å². The third kappa shape index (κ3) is 2.26. The zero-order chi connectivity index (χ0) is 17.1. The van der Waals surface area contributed by atoms with Crippen molar-refractivity contribution in [3.05, 3.63) is 0 Å². The van der Waals surface area contributed by atoms with E-state index in [4.69, 9.17) is 0 Å². The monoisotopic (exact) mass is 332 g/mol. The predicted molar refractivity (Wildman–Crippen MR) is 92.3 cm³/mol. The summed E-state index contributed by atoms with van der Waals surface area (Å²) in [6, 6.07) is 0. The highest BCUT2D eigenvalue weighted by Gasteiger charge is 2.61. The molecule has 0 spiro atoms. The molecular formula is C21H32O3. The first-order chi connectivity index (χ1) is 11.5. The SMILES string of the molecule is CC[C@]12CC(=O)[C@H]3[C@@H](CC[C@H]4C[C@@H](O)CC[C@@H]43)[C@@H]1CC[C@@H]2C(C)=O. The van der Waals surface area contributed by atoms with E-state index in [-0.39, 0.29) is 23.4 Å². The van der Waals surface area contributed by atoms with E-state index in [1.54, 1.807) is 6.92 Å². The summed E-state index contributed by atoms with van der Waals surface area (Å²) >= 11 is 0. The Bertz CT molecular complexity index is 541. The van der Waals surface area contributed by atoms with Gasteiger partial charge in [0.25, 0.3) is 0 Å². The topological polar surface area (TPSA) is 54.4 Å². The maximum Gasteiger partial charge on any atom is 0.137 e. The Balaban J connectivity index is 1.65. The Hall–Kier alpha value is -0.700. The molecule has 0 aromatic heterocycles. The number of carbonyl (C=O) groups is 2. The van der Waals surface area contributed by atoms with Crippen LogP contribution in [0.25, 0.3) is 0 Å². The van der Waals surface area contributed by atoms with Crippen LogP contribution in [0.5, 0.6) is 0 Å². The second-order valence-corrected chi connectivity index (χ2v) is 9.23. The summed E-state index contributed by atoms with van der Waals surface area (Å²) in [6.07, 6.45) is 8.74. The highest BCUT2D eigenvalue weighted by molar-refractivity contribution is 5.86. The highest BCUT2D eigenvalue weighted by atomic mass is 16.3. The van der Waals surface area contributed by atoms with Crippen molar-refractivity contribution in [2.45, 2.75) is 77.7 Å². The first-order valence-corrected chi connectivity index (χ1v) is 10.2. The van der Waals surface area contributed by atoms with Gasteiger partial charge in [-0.2, -0.15) is 0 Å². The molecule has 4 saturated carbocycles. The molecular weight excluding hydrogens is 300 g/mol. The zero-order valence-corrected chi connectivity index (χ0v) is 15.2. The van der Waals surface area contributed by atoms with Crippen LogP contribution in [0.2, 0.25) is 0 Å². The highest BCUT2D eigenvalue weighted by Crippen LogP contribution is 2.64. The van der Waals surface area contributed by atoms with E-state index in [1.165, 1.54) is 6.42 Å². The molecule has 134 valence electrons. The van der Waals surface area contributed by atoms with Crippen LogP contribution in [0.1, 0.15) is 71.6 Å². The van der Waals surface area contributed by atoms with Crippen LogP contribution < -0.4 is 0 Å². The summed E-state index contributed by atoms with van der Waals surface area (Å²) in [5.41, 5.74) is -0.0366. The number of hydrogen-bond acceptors (Lipinski definition) is 3. The Morgan fingerprint density at radius 1 is 1.12 bits per heavy atom. The molecule has 3 nitrogen and oxygen atoms in total. The molecule has 0 amide bonds. The molecule has 4 fully saturated rings. The fraction of sp³-hybridized carbons (Fsp3) is 0.905. The number of ketones is 2. The van der Waals surface area contributed by atoms with Crippen molar-refractivity contribution in [2.75, 3.05) is 0 Å². The average molecular weight is 332 g/mol. The zero-order valence-electron chi connectivity index (χ0n) is 15.2. The molecule has 0 heterocycles. The lowest BCUT2D eigenvalue weighted by atomic mass is 9.48. The minimum absolute atomic E-state index is 0.0366. The lowest BCUT2D eigenvalue weighted by Crippen LogP contribution is -2.54. The maximum absolute atomic E-state index is 13.3. The molecule has 4 aliphatic rings. The summed E-state index contributed by atoms with van der Waals surface area (Å²) in [4.78, 5) is 25.5. The number of hydrogen-bond donors (Lipinski definition) is 1. The molecule has 0 aliphatic heterocycles. The van der Waals surface area contributed by atoms with E-state index in [0.717, 1.165) is 44.9 Å². The van der Waals surface area contributed by atoms with Gasteiger partial charge in [-0.05, 0) is 87.4 Å². The van der Waals surface area contributed by atoms with Crippen LogP contribution in [0, 0.1) is 40.9 Å². The van der Waals surface area contributed by atoms with Gasteiger partial charge in [0.1, 0.15) is 11.6 Å². The standard InChI is InChI=1S/C21H32O3/c1-3-21-11-19(24)20-15-7-5-14(23)10-13(15)4-6-16(20)18(21)9-8-17(21)12(2)22/h13-18,20,23H,3-11H2,1-2H3/t13-,14-,15-,16-,17+,18-,20+,21+/m0/s1. The van der Waals surface area contributed by atoms with Gasteiger partial charge in [-0.1, -0.05) is 6.92 Å². The summed E-state index contributed by atoms with van der Waals surface area (Å²) < 4.78 is 0. The molecule has 0 unspecified atom stereocenters. The molecule has 0 aromatic carbocycles. The van der Waals surface area contributed by atoms with Crippen molar-refractivity contribution in [1.82, 2.24) is 0 Å². The number of rotatable bonds is 2. The second kappa shape index (κ2) is 5.93. The van der Waals surface area contributed by atoms with E-state index >= 15 is 0 Å². The Kier molecular flexibility index (Phi) is 4.14. The van der Waals surface area contributed by atoms with Gasteiger partial charge < -0.3 is 5.11 Å². The molecule has 0 bridgehead atoms. The molecule has 0 aromatic rings. The summed E-state index contributed by atoms with van der Waals surface area (Å²) in [7, 11) is 0. The summed E-state index contributed by atoms with van der Waals surface area (Å²) in [6.45, 7) is 3.94. The molecule has 0 saturated heterocycles. The quantitative estimate of drug-likeness (QED) is 0.837. The Labute approximate surface area is 145 Å². The van der Waals surface area contributed by atoms with E-state index in [1.807, 2.05) is 0 Å². The molecule has 24 heavy (non-hydrogen) atoms. The van der Waals surface area contributed by atoms with Gasteiger partial charge in [0.2, 0.25) is 0 Å². The lowest BCUT2D eigenvalue weighted by molar-refractivity contribution is -0.151. The molecule has 4 rings (SSSR count). The van der Waals surface area contributed by atoms with Crippen molar-refractivity contribution < 1.29 is 14.7 Å². The van der Waals surface area contributed by atoms with Crippen molar-refractivity contribution >= 4 is 11.6 Å². The summed E-state index contributed by atoms with van der Waals surface area (Å²) in [5.74, 6) is 3.25. The van der Waals surface area contributed by atoms with Crippen LogP contribution in [0.4, 0.5) is 0 Å². The summed E-state index contributed by atoms with van der Waals surface area (Å²) in [5, 5.41) is 10.0. The number of Topliss-reactive ketones (excluding diaryl/α,β-unsaturated/α-hetero) is 2. The van der Waals surface area contributed by atoms with Crippen molar-refractivity contribution in [3.63, 3.8) is 0 Å².